The summed E-state index contributed by atoms with van der Waals surface area (Å²) >= 11 is 1.61. The lowest BCUT2D eigenvalue weighted by atomic mass is 10.2. The smallest absolute Gasteiger partial charge is 0.223 e. The van der Waals surface area contributed by atoms with E-state index in [0.717, 1.165) is 31.6 Å². The van der Waals surface area contributed by atoms with Gasteiger partial charge in [0.05, 0.1) is 11.6 Å². The Morgan fingerprint density at radius 2 is 2.23 bits per heavy atom. The number of carbonyl (C=O) groups is 1. The first kappa shape index (κ1) is 15.0. The number of hydrogen-bond acceptors (Lipinski definition) is 4. The molecule has 5 heteroatoms. The van der Waals surface area contributed by atoms with Gasteiger partial charge in [0.15, 0.2) is 0 Å². The van der Waals surface area contributed by atoms with Crippen LogP contribution in [0.15, 0.2) is 42.0 Å². The van der Waals surface area contributed by atoms with Crippen LogP contribution in [0, 0.1) is 0 Å². The number of likely N-dealkylation sites (tertiary alicyclic amines) is 1. The predicted molar refractivity (Wildman–Crippen MR) is 87.1 cm³/mol. The number of ether oxygens (including phenoxy) is 1. The van der Waals surface area contributed by atoms with E-state index in [1.54, 1.807) is 11.3 Å². The number of nitrogens with zero attached hydrogens (tertiary/aromatic N) is 2. The van der Waals surface area contributed by atoms with Gasteiger partial charge in [-0.25, -0.2) is 0 Å². The Balaban J connectivity index is 1.50. The number of benzene rings is 1. The number of thiazole rings is 1. The first-order valence-electron chi connectivity index (χ1n) is 7.67. The number of carbonyl (C=O) groups excluding carboxylic acids is 1. The highest BCUT2D eigenvalue weighted by molar-refractivity contribution is 7.09. The lowest BCUT2D eigenvalue weighted by Crippen LogP contribution is -2.39. The first-order chi connectivity index (χ1) is 10.8. The SMILES string of the molecule is O=C(CCc1cncs1)N1CCC[C@H]1COc1ccccc1. The quantitative estimate of drug-likeness (QED) is 0.822. The van der Waals surface area contributed by atoms with Crippen LogP contribution in [-0.4, -0.2) is 35.0 Å². The summed E-state index contributed by atoms with van der Waals surface area (Å²) in [5.74, 6) is 1.10. The van der Waals surface area contributed by atoms with Gasteiger partial charge < -0.3 is 9.64 Å². The third-order valence-corrected chi connectivity index (χ3v) is 4.79. The van der Waals surface area contributed by atoms with Gasteiger partial charge in [0, 0.05) is 24.0 Å². The molecule has 1 fully saturated rings. The van der Waals surface area contributed by atoms with E-state index in [4.69, 9.17) is 4.74 Å². The largest absolute Gasteiger partial charge is 0.491 e. The van der Waals surface area contributed by atoms with Crippen LogP contribution in [0.1, 0.15) is 24.1 Å². The molecule has 1 aromatic carbocycles. The zero-order valence-corrected chi connectivity index (χ0v) is 13.3. The Kier molecular flexibility index (Phi) is 5.06. The van der Waals surface area contributed by atoms with Crippen LogP contribution < -0.4 is 4.74 Å². The minimum absolute atomic E-state index is 0.203. The van der Waals surface area contributed by atoms with Crippen LogP contribution in [0.3, 0.4) is 0 Å². The average molecular weight is 316 g/mol. The summed E-state index contributed by atoms with van der Waals surface area (Å²) in [5.41, 5.74) is 1.81. The van der Waals surface area contributed by atoms with E-state index in [1.807, 2.05) is 46.9 Å². The molecular weight excluding hydrogens is 296 g/mol. The van der Waals surface area contributed by atoms with Crippen molar-refractivity contribution in [3.8, 4) is 5.75 Å². The molecule has 0 aliphatic carbocycles. The maximum Gasteiger partial charge on any atom is 0.223 e. The summed E-state index contributed by atoms with van der Waals surface area (Å²) in [6.45, 7) is 1.43. The molecule has 0 saturated carbocycles. The van der Waals surface area contributed by atoms with E-state index < -0.39 is 0 Å². The van der Waals surface area contributed by atoms with Crippen LogP contribution in [0.25, 0.3) is 0 Å². The molecule has 1 aliphatic heterocycles. The third-order valence-electron chi connectivity index (χ3n) is 3.95. The first-order valence-corrected chi connectivity index (χ1v) is 8.55. The standard InChI is InChI=1S/C17H20N2O2S/c20-17(9-8-16-11-18-13-22-16)19-10-4-5-14(19)12-21-15-6-2-1-3-7-15/h1-3,6-7,11,13-14H,4-5,8-10,12H2/t14-/m0/s1. The molecule has 0 N–H and O–H groups in total. The molecule has 1 atom stereocenters. The Morgan fingerprint density at radius 3 is 3.00 bits per heavy atom. The Hall–Kier alpha value is -1.88. The lowest BCUT2D eigenvalue weighted by molar-refractivity contribution is -0.132. The van der Waals surface area contributed by atoms with Crippen molar-refractivity contribution in [1.29, 1.82) is 0 Å². The van der Waals surface area contributed by atoms with Gasteiger partial charge in [0.25, 0.3) is 0 Å². The maximum absolute atomic E-state index is 12.4. The Labute approximate surface area is 134 Å². The highest BCUT2D eigenvalue weighted by Crippen LogP contribution is 2.21. The lowest BCUT2D eigenvalue weighted by Gasteiger charge is -2.24. The van der Waals surface area contributed by atoms with Crippen molar-refractivity contribution in [3.63, 3.8) is 0 Å². The molecule has 2 aromatic rings. The maximum atomic E-state index is 12.4. The summed E-state index contributed by atoms with van der Waals surface area (Å²) in [6, 6.07) is 9.99. The van der Waals surface area contributed by atoms with Crippen molar-refractivity contribution in [2.45, 2.75) is 31.7 Å². The molecule has 3 rings (SSSR count). The van der Waals surface area contributed by atoms with Crippen molar-refractivity contribution in [1.82, 2.24) is 9.88 Å². The van der Waals surface area contributed by atoms with Gasteiger partial charge in [-0.1, -0.05) is 18.2 Å². The van der Waals surface area contributed by atoms with Crippen molar-refractivity contribution in [2.24, 2.45) is 0 Å². The van der Waals surface area contributed by atoms with E-state index in [0.29, 0.717) is 13.0 Å². The second-order valence-corrected chi connectivity index (χ2v) is 6.45. The Morgan fingerprint density at radius 1 is 1.36 bits per heavy atom. The average Bonchev–Trinajstić information content (AvgIpc) is 3.23. The fourth-order valence-electron chi connectivity index (χ4n) is 2.79. The van der Waals surface area contributed by atoms with E-state index >= 15 is 0 Å². The van der Waals surface area contributed by atoms with Crippen LogP contribution in [0.5, 0.6) is 5.75 Å². The van der Waals surface area contributed by atoms with E-state index in [1.165, 1.54) is 4.88 Å². The topological polar surface area (TPSA) is 42.4 Å². The second kappa shape index (κ2) is 7.40. The molecule has 22 heavy (non-hydrogen) atoms. The molecule has 1 aromatic heterocycles. The number of hydrogen-bond donors (Lipinski definition) is 0. The molecule has 1 saturated heterocycles. The molecule has 0 bridgehead atoms. The zero-order valence-electron chi connectivity index (χ0n) is 12.5. The summed E-state index contributed by atoms with van der Waals surface area (Å²) in [5, 5.41) is 0. The molecular formula is C17H20N2O2S. The van der Waals surface area contributed by atoms with Gasteiger partial charge in [-0.15, -0.1) is 11.3 Å². The number of para-hydroxylation sites is 1. The van der Waals surface area contributed by atoms with Gasteiger partial charge in [-0.2, -0.15) is 0 Å². The summed E-state index contributed by atoms with van der Waals surface area (Å²) < 4.78 is 5.82. The van der Waals surface area contributed by atoms with Crippen molar-refractivity contribution in [2.75, 3.05) is 13.2 Å². The minimum atomic E-state index is 0.203. The minimum Gasteiger partial charge on any atom is -0.491 e. The van der Waals surface area contributed by atoms with E-state index in [9.17, 15) is 4.79 Å². The van der Waals surface area contributed by atoms with E-state index in [-0.39, 0.29) is 11.9 Å². The van der Waals surface area contributed by atoms with Gasteiger partial charge in [0.1, 0.15) is 12.4 Å². The Bertz CT molecular complexity index is 586. The normalized spacial score (nSPS) is 17.6. The van der Waals surface area contributed by atoms with Gasteiger partial charge in [0.2, 0.25) is 5.91 Å². The molecule has 0 radical (unpaired) electrons. The molecule has 0 unspecified atom stereocenters. The van der Waals surface area contributed by atoms with Crippen LogP contribution in [0.4, 0.5) is 0 Å². The monoisotopic (exact) mass is 316 g/mol. The summed E-state index contributed by atoms with van der Waals surface area (Å²) in [6.07, 6.45) is 5.28. The van der Waals surface area contributed by atoms with Crippen molar-refractivity contribution < 1.29 is 9.53 Å². The van der Waals surface area contributed by atoms with Crippen molar-refractivity contribution >= 4 is 17.2 Å². The molecule has 116 valence electrons. The van der Waals surface area contributed by atoms with Gasteiger partial charge >= 0.3 is 0 Å². The van der Waals surface area contributed by atoms with Crippen LogP contribution in [0.2, 0.25) is 0 Å². The zero-order chi connectivity index (χ0) is 15.2. The summed E-state index contributed by atoms with van der Waals surface area (Å²) in [4.78, 5) is 19.6. The van der Waals surface area contributed by atoms with Crippen LogP contribution in [-0.2, 0) is 11.2 Å². The fraction of sp³-hybridized carbons (Fsp3) is 0.412. The molecule has 4 nitrogen and oxygen atoms in total. The molecule has 2 heterocycles. The number of aromatic nitrogens is 1. The van der Waals surface area contributed by atoms with Gasteiger partial charge in [-0.05, 0) is 31.4 Å². The van der Waals surface area contributed by atoms with E-state index in [2.05, 4.69) is 4.98 Å². The van der Waals surface area contributed by atoms with Crippen molar-refractivity contribution in [3.05, 3.63) is 46.9 Å². The highest BCUT2D eigenvalue weighted by atomic mass is 32.1. The number of aryl methyl sites for hydroxylation is 1. The predicted octanol–water partition coefficient (Wildman–Crippen LogP) is 3.15. The molecule has 0 spiro atoms. The number of rotatable bonds is 6. The second-order valence-electron chi connectivity index (χ2n) is 5.47. The third kappa shape index (κ3) is 3.85. The summed E-state index contributed by atoms with van der Waals surface area (Å²) in [7, 11) is 0. The van der Waals surface area contributed by atoms with Gasteiger partial charge in [-0.3, -0.25) is 9.78 Å². The number of amides is 1. The van der Waals surface area contributed by atoms with Crippen LogP contribution >= 0.6 is 11.3 Å². The molecule has 1 amide bonds. The highest BCUT2D eigenvalue weighted by Gasteiger charge is 2.28. The molecule has 1 aliphatic rings. The fourth-order valence-corrected chi connectivity index (χ4v) is 3.38.